The monoisotopic (exact) mass is 263 g/mol. The van der Waals surface area contributed by atoms with Crippen LogP contribution in [0, 0.1) is 13.8 Å². The van der Waals surface area contributed by atoms with Crippen LogP contribution in [0.5, 0.6) is 5.75 Å². The van der Waals surface area contributed by atoms with Gasteiger partial charge in [0.2, 0.25) is 5.91 Å². The predicted molar refractivity (Wildman–Crippen MR) is 73.2 cm³/mol. The molecular formula is C12H13N3O2S. The molecule has 0 atom stereocenters. The Labute approximate surface area is 109 Å². The zero-order valence-corrected chi connectivity index (χ0v) is 10.9. The first-order valence-corrected chi connectivity index (χ1v) is 6.38. The molecule has 2 N–H and O–H groups in total. The van der Waals surface area contributed by atoms with Crippen molar-refractivity contribution in [1.82, 2.24) is 5.32 Å². The van der Waals surface area contributed by atoms with Crippen LogP contribution in [-0.2, 0) is 4.79 Å². The molecule has 0 aromatic heterocycles. The summed E-state index contributed by atoms with van der Waals surface area (Å²) in [6, 6.07) is 3.65. The number of benzene rings is 1. The molecule has 18 heavy (non-hydrogen) atoms. The average Bonchev–Trinajstić information content (AvgIpc) is 2.72. The second-order valence-electron chi connectivity index (χ2n) is 3.99. The molecule has 1 aromatic rings. The Kier molecular flexibility index (Phi) is 3.66. The van der Waals surface area contributed by atoms with Gasteiger partial charge in [-0.05, 0) is 42.7 Å². The van der Waals surface area contributed by atoms with E-state index in [9.17, 15) is 9.90 Å². The molecular weight excluding hydrogens is 250 g/mol. The first kappa shape index (κ1) is 12.6. The van der Waals surface area contributed by atoms with E-state index in [0.29, 0.717) is 16.7 Å². The summed E-state index contributed by atoms with van der Waals surface area (Å²) in [4.78, 5) is 10.9. The number of phenolic OH excluding ortho intramolecular Hbond substituents is 1. The Bertz CT molecular complexity index is 529. The molecule has 1 aliphatic rings. The fourth-order valence-corrected chi connectivity index (χ4v) is 2.22. The fourth-order valence-electron chi connectivity index (χ4n) is 1.59. The van der Waals surface area contributed by atoms with Gasteiger partial charge in [-0.1, -0.05) is 11.8 Å². The molecule has 2 rings (SSSR count). The number of rotatable bonds is 2. The molecule has 5 nitrogen and oxygen atoms in total. The van der Waals surface area contributed by atoms with Crippen LogP contribution in [-0.4, -0.2) is 28.1 Å². The van der Waals surface area contributed by atoms with E-state index in [-0.39, 0.29) is 5.91 Å². The Morgan fingerprint density at radius 3 is 2.61 bits per heavy atom. The third kappa shape index (κ3) is 2.89. The number of nitrogens with zero attached hydrogens (tertiary/aromatic N) is 2. The lowest BCUT2D eigenvalue weighted by molar-refractivity contribution is -0.116. The van der Waals surface area contributed by atoms with Gasteiger partial charge in [0.15, 0.2) is 5.17 Å². The number of thioether (sulfide) groups is 1. The van der Waals surface area contributed by atoms with Crippen molar-refractivity contribution in [1.29, 1.82) is 0 Å². The van der Waals surface area contributed by atoms with Gasteiger partial charge >= 0.3 is 0 Å². The average molecular weight is 263 g/mol. The summed E-state index contributed by atoms with van der Waals surface area (Å²) in [5.74, 6) is 0.647. The van der Waals surface area contributed by atoms with Crippen molar-refractivity contribution in [2.24, 2.45) is 10.2 Å². The van der Waals surface area contributed by atoms with Crippen LogP contribution in [0.1, 0.15) is 16.7 Å². The topological polar surface area (TPSA) is 74.0 Å². The maximum atomic E-state index is 10.9. The van der Waals surface area contributed by atoms with Gasteiger partial charge in [-0.15, -0.1) is 5.10 Å². The molecule has 94 valence electrons. The van der Waals surface area contributed by atoms with E-state index in [0.717, 1.165) is 16.7 Å². The van der Waals surface area contributed by atoms with Gasteiger partial charge in [-0.25, -0.2) is 0 Å². The third-order valence-corrected chi connectivity index (χ3v) is 3.32. The van der Waals surface area contributed by atoms with E-state index in [1.807, 2.05) is 26.0 Å². The number of hydrogen-bond donors (Lipinski definition) is 2. The number of aromatic hydroxyl groups is 1. The number of amidine groups is 1. The first-order valence-electron chi connectivity index (χ1n) is 5.40. The highest BCUT2D eigenvalue weighted by atomic mass is 32.2. The molecule has 1 fully saturated rings. The predicted octanol–water partition coefficient (Wildman–Crippen LogP) is 1.56. The van der Waals surface area contributed by atoms with Crippen molar-refractivity contribution >= 4 is 29.1 Å². The Hall–Kier alpha value is -1.82. The molecule has 0 radical (unpaired) electrons. The van der Waals surface area contributed by atoms with E-state index < -0.39 is 0 Å². The van der Waals surface area contributed by atoms with Crippen LogP contribution < -0.4 is 5.32 Å². The number of aryl methyl sites for hydroxylation is 2. The molecule has 1 heterocycles. The van der Waals surface area contributed by atoms with Gasteiger partial charge < -0.3 is 10.4 Å². The van der Waals surface area contributed by atoms with Crippen molar-refractivity contribution in [2.75, 3.05) is 5.75 Å². The summed E-state index contributed by atoms with van der Waals surface area (Å²) in [5.41, 5.74) is 2.46. The second kappa shape index (κ2) is 5.22. The minimum Gasteiger partial charge on any atom is -0.507 e. The Morgan fingerprint density at radius 1 is 1.39 bits per heavy atom. The molecule has 0 saturated carbocycles. The normalized spacial score (nSPS) is 17.7. The minimum atomic E-state index is -0.0507. The smallest absolute Gasteiger partial charge is 0.236 e. The summed E-state index contributed by atoms with van der Waals surface area (Å²) >= 11 is 1.33. The van der Waals surface area contributed by atoms with E-state index >= 15 is 0 Å². The molecule has 1 saturated heterocycles. The van der Waals surface area contributed by atoms with Gasteiger partial charge in [-0.2, -0.15) is 5.10 Å². The van der Waals surface area contributed by atoms with Crippen LogP contribution in [0.2, 0.25) is 0 Å². The molecule has 0 aliphatic carbocycles. The van der Waals surface area contributed by atoms with Gasteiger partial charge in [-0.3, -0.25) is 4.79 Å². The second-order valence-corrected chi connectivity index (χ2v) is 4.95. The van der Waals surface area contributed by atoms with Crippen molar-refractivity contribution in [2.45, 2.75) is 13.8 Å². The van der Waals surface area contributed by atoms with Gasteiger partial charge in [0.1, 0.15) is 5.75 Å². The zero-order valence-electron chi connectivity index (χ0n) is 10.1. The quantitative estimate of drug-likeness (QED) is 0.628. The highest BCUT2D eigenvalue weighted by Crippen LogP contribution is 2.22. The molecule has 1 amide bonds. The molecule has 6 heteroatoms. The van der Waals surface area contributed by atoms with Crippen LogP contribution >= 0.6 is 11.8 Å². The number of carbonyl (C=O) groups excluding carboxylic acids is 1. The van der Waals surface area contributed by atoms with Crippen molar-refractivity contribution < 1.29 is 9.90 Å². The van der Waals surface area contributed by atoms with Gasteiger partial charge in [0.25, 0.3) is 0 Å². The van der Waals surface area contributed by atoms with Crippen LogP contribution in [0.4, 0.5) is 0 Å². The summed E-state index contributed by atoms with van der Waals surface area (Å²) < 4.78 is 0. The van der Waals surface area contributed by atoms with Crippen LogP contribution in [0.25, 0.3) is 0 Å². The lowest BCUT2D eigenvalue weighted by Gasteiger charge is -2.03. The fraction of sp³-hybridized carbons (Fsp3) is 0.250. The maximum Gasteiger partial charge on any atom is 0.236 e. The lowest BCUT2D eigenvalue weighted by Crippen LogP contribution is -2.19. The SMILES string of the molecule is Cc1cc(C=NN=C2NC(=O)CS2)cc(C)c1O. The first-order chi connectivity index (χ1) is 8.56. The lowest BCUT2D eigenvalue weighted by atomic mass is 10.1. The molecule has 1 aromatic carbocycles. The number of carbonyl (C=O) groups is 1. The Morgan fingerprint density at radius 2 is 2.06 bits per heavy atom. The standard InChI is InChI=1S/C12H13N3O2S/c1-7-3-9(4-8(2)11(7)17)5-13-15-12-14-10(16)6-18-12/h3-5,17H,6H2,1-2H3,(H,14,15,16). The molecule has 1 aliphatic heterocycles. The molecule has 0 spiro atoms. The summed E-state index contributed by atoms with van der Waals surface area (Å²) in [5, 5.41) is 20.6. The number of phenols is 1. The van der Waals surface area contributed by atoms with Crippen molar-refractivity contribution in [3.05, 3.63) is 28.8 Å². The largest absolute Gasteiger partial charge is 0.507 e. The summed E-state index contributed by atoms with van der Waals surface area (Å²) in [6.07, 6.45) is 1.59. The summed E-state index contributed by atoms with van der Waals surface area (Å²) in [7, 11) is 0. The highest BCUT2D eigenvalue weighted by molar-refractivity contribution is 8.15. The van der Waals surface area contributed by atoms with Gasteiger partial charge in [0.05, 0.1) is 12.0 Å². The van der Waals surface area contributed by atoms with Gasteiger partial charge in [0, 0.05) is 0 Å². The zero-order chi connectivity index (χ0) is 13.1. The van der Waals surface area contributed by atoms with E-state index in [4.69, 9.17) is 0 Å². The van der Waals surface area contributed by atoms with E-state index in [2.05, 4.69) is 15.5 Å². The number of hydrogen-bond acceptors (Lipinski definition) is 5. The van der Waals surface area contributed by atoms with Crippen LogP contribution in [0.15, 0.2) is 22.3 Å². The van der Waals surface area contributed by atoms with Crippen LogP contribution in [0.3, 0.4) is 0 Å². The van der Waals surface area contributed by atoms with E-state index in [1.165, 1.54) is 11.8 Å². The highest BCUT2D eigenvalue weighted by Gasteiger charge is 2.15. The maximum absolute atomic E-state index is 10.9. The molecule has 0 bridgehead atoms. The van der Waals surface area contributed by atoms with E-state index in [1.54, 1.807) is 6.21 Å². The minimum absolute atomic E-state index is 0.0507. The van der Waals surface area contributed by atoms with Crippen molar-refractivity contribution in [3.63, 3.8) is 0 Å². The Balaban J connectivity index is 2.12. The third-order valence-electron chi connectivity index (χ3n) is 2.46. The molecule has 0 unspecified atom stereocenters. The number of amides is 1. The summed E-state index contributed by atoms with van der Waals surface area (Å²) in [6.45, 7) is 3.66. The number of nitrogens with one attached hydrogen (secondary N) is 1. The van der Waals surface area contributed by atoms with Crippen molar-refractivity contribution in [3.8, 4) is 5.75 Å².